The quantitative estimate of drug-likeness (QED) is 0.458. The fourth-order valence-electron chi connectivity index (χ4n) is 3.54. The highest BCUT2D eigenvalue weighted by Crippen LogP contribution is 2.29. The molecule has 0 aliphatic carbocycles. The maximum Gasteiger partial charge on any atom is 0.190 e. The highest BCUT2D eigenvalue weighted by molar-refractivity contribution is 7.07. The number of hydrogen-bond donors (Lipinski definition) is 0. The van der Waals surface area contributed by atoms with E-state index in [1.165, 1.54) is 17.4 Å². The summed E-state index contributed by atoms with van der Waals surface area (Å²) in [5.41, 5.74) is 2.12. The topological polar surface area (TPSA) is 39.7 Å². The van der Waals surface area contributed by atoms with Crippen LogP contribution in [0.25, 0.3) is 22.4 Å². The van der Waals surface area contributed by atoms with Gasteiger partial charge in [-0.25, -0.2) is 9.38 Å². The number of furan rings is 1. The number of halogens is 1. The minimum atomic E-state index is -0.329. The highest BCUT2D eigenvalue weighted by atomic mass is 32.1. The minimum absolute atomic E-state index is 0.136. The first-order chi connectivity index (χ1) is 13.8. The van der Waals surface area contributed by atoms with Gasteiger partial charge in [-0.1, -0.05) is 30.3 Å². The van der Waals surface area contributed by atoms with Crippen LogP contribution in [-0.4, -0.2) is 17.3 Å². The molecule has 0 N–H and O–H groups in total. The van der Waals surface area contributed by atoms with Crippen molar-refractivity contribution >= 4 is 28.0 Å². The smallest absolute Gasteiger partial charge is 0.190 e. The van der Waals surface area contributed by atoms with Crippen LogP contribution in [0.5, 0.6) is 0 Å². The number of fused-ring (bicyclic) bond motifs is 1. The Balaban J connectivity index is 1.64. The Kier molecular flexibility index (Phi) is 4.58. The summed E-state index contributed by atoms with van der Waals surface area (Å²) in [6, 6.07) is 16.6. The third kappa shape index (κ3) is 3.30. The van der Waals surface area contributed by atoms with Gasteiger partial charge in [-0.05, 0) is 37.1 Å². The molecule has 0 radical (unpaired) electrons. The molecule has 3 heterocycles. The molecule has 1 saturated heterocycles. The van der Waals surface area contributed by atoms with Gasteiger partial charge >= 0.3 is 0 Å². The summed E-state index contributed by atoms with van der Waals surface area (Å²) in [4.78, 5) is 5.32. The van der Waals surface area contributed by atoms with Crippen molar-refractivity contribution in [1.82, 2.24) is 4.57 Å². The van der Waals surface area contributed by atoms with Crippen LogP contribution in [0.2, 0.25) is 0 Å². The fraction of sp³-hybridized carbons (Fsp3) is 0.227. The molecule has 1 fully saturated rings. The molecule has 142 valence electrons. The third-order valence-electron chi connectivity index (χ3n) is 4.95. The van der Waals surface area contributed by atoms with E-state index < -0.39 is 0 Å². The van der Waals surface area contributed by atoms with E-state index in [1.54, 1.807) is 18.2 Å². The van der Waals surface area contributed by atoms with Crippen molar-refractivity contribution in [2.24, 2.45) is 4.99 Å². The Morgan fingerprint density at radius 1 is 1.14 bits per heavy atom. The number of thiazole rings is 1. The van der Waals surface area contributed by atoms with Crippen molar-refractivity contribution in [3.05, 3.63) is 70.6 Å². The van der Waals surface area contributed by atoms with E-state index in [0.717, 1.165) is 46.7 Å². The predicted molar refractivity (Wildman–Crippen MR) is 108 cm³/mol. The van der Waals surface area contributed by atoms with Gasteiger partial charge in [-0.2, -0.15) is 0 Å². The van der Waals surface area contributed by atoms with Crippen LogP contribution < -0.4 is 4.80 Å². The van der Waals surface area contributed by atoms with E-state index >= 15 is 0 Å². The number of benzene rings is 2. The summed E-state index contributed by atoms with van der Waals surface area (Å²) < 4.78 is 28.1. The number of hydrogen-bond acceptors (Lipinski definition) is 4. The predicted octanol–water partition coefficient (Wildman–Crippen LogP) is 5.51. The summed E-state index contributed by atoms with van der Waals surface area (Å²) in [5.74, 6) is 0.454. The Morgan fingerprint density at radius 2 is 2.00 bits per heavy atom. The fourth-order valence-corrected chi connectivity index (χ4v) is 4.45. The zero-order valence-electron chi connectivity index (χ0n) is 15.2. The molecule has 28 heavy (non-hydrogen) atoms. The van der Waals surface area contributed by atoms with E-state index in [0.29, 0.717) is 12.2 Å². The molecule has 4 aromatic rings. The van der Waals surface area contributed by atoms with E-state index in [1.807, 2.05) is 35.7 Å². The second-order valence-electron chi connectivity index (χ2n) is 6.86. The molecule has 0 bridgehead atoms. The molecule has 1 atom stereocenters. The van der Waals surface area contributed by atoms with Crippen LogP contribution in [0, 0.1) is 5.82 Å². The normalized spacial score (nSPS) is 17.6. The summed E-state index contributed by atoms with van der Waals surface area (Å²) in [5, 5.41) is 3.08. The Hall–Kier alpha value is -2.70. The van der Waals surface area contributed by atoms with Gasteiger partial charge in [0.15, 0.2) is 10.6 Å². The van der Waals surface area contributed by atoms with Gasteiger partial charge in [-0.3, -0.25) is 0 Å². The molecule has 1 unspecified atom stereocenters. The van der Waals surface area contributed by atoms with Crippen molar-refractivity contribution in [2.75, 3.05) is 6.61 Å². The summed E-state index contributed by atoms with van der Waals surface area (Å²) in [7, 11) is 0. The molecule has 1 aliphatic heterocycles. The number of rotatable bonds is 4. The van der Waals surface area contributed by atoms with Gasteiger partial charge in [0.2, 0.25) is 0 Å². The molecular weight excluding hydrogens is 375 g/mol. The van der Waals surface area contributed by atoms with E-state index in [2.05, 4.69) is 9.56 Å². The number of ether oxygens (including phenoxy) is 1. The molecule has 6 heteroatoms. The summed E-state index contributed by atoms with van der Waals surface area (Å²) in [6.07, 6.45) is 2.22. The number of aromatic nitrogens is 1. The maximum atomic E-state index is 14.1. The van der Waals surface area contributed by atoms with Crippen molar-refractivity contribution in [2.45, 2.75) is 25.5 Å². The standard InChI is InChI=1S/C22H19FN2O2S/c23-17-8-2-3-9-18(17)24-22-25(13-16-7-5-11-26-16)19(14-28-22)21-12-15-6-1-4-10-20(15)27-21/h1-4,6,8-10,12,14,16H,5,7,11,13H2. The van der Waals surface area contributed by atoms with Crippen LogP contribution in [0.4, 0.5) is 10.1 Å². The van der Waals surface area contributed by atoms with Crippen LogP contribution in [0.1, 0.15) is 12.8 Å². The lowest BCUT2D eigenvalue weighted by Crippen LogP contribution is -2.24. The average molecular weight is 394 g/mol. The van der Waals surface area contributed by atoms with Crippen molar-refractivity contribution in [1.29, 1.82) is 0 Å². The number of para-hydroxylation sites is 2. The highest BCUT2D eigenvalue weighted by Gasteiger charge is 2.20. The van der Waals surface area contributed by atoms with Gasteiger partial charge in [0.25, 0.3) is 0 Å². The SMILES string of the molecule is Fc1ccccc1N=c1scc(-c2cc3ccccc3o2)n1CC1CCCO1. The lowest BCUT2D eigenvalue weighted by molar-refractivity contribution is 0.0967. The monoisotopic (exact) mass is 394 g/mol. The molecule has 0 amide bonds. The zero-order chi connectivity index (χ0) is 18.9. The second-order valence-corrected chi connectivity index (χ2v) is 7.70. The van der Waals surface area contributed by atoms with Crippen molar-refractivity contribution in [3.63, 3.8) is 0 Å². The molecule has 0 spiro atoms. The minimum Gasteiger partial charge on any atom is -0.454 e. The van der Waals surface area contributed by atoms with Gasteiger partial charge in [0, 0.05) is 17.4 Å². The van der Waals surface area contributed by atoms with Crippen LogP contribution >= 0.6 is 11.3 Å². The van der Waals surface area contributed by atoms with Crippen LogP contribution in [0.3, 0.4) is 0 Å². The van der Waals surface area contributed by atoms with Gasteiger partial charge < -0.3 is 13.7 Å². The van der Waals surface area contributed by atoms with Crippen LogP contribution in [-0.2, 0) is 11.3 Å². The molecule has 5 rings (SSSR count). The molecule has 1 aliphatic rings. The molecular formula is C22H19FN2O2S. The summed E-state index contributed by atoms with van der Waals surface area (Å²) in [6.45, 7) is 1.46. The molecule has 2 aromatic carbocycles. The zero-order valence-corrected chi connectivity index (χ0v) is 16.0. The molecule has 0 saturated carbocycles. The van der Waals surface area contributed by atoms with E-state index in [4.69, 9.17) is 9.15 Å². The van der Waals surface area contributed by atoms with Gasteiger partial charge in [0.05, 0.1) is 18.3 Å². The Labute approximate surface area is 165 Å². The summed E-state index contributed by atoms with van der Waals surface area (Å²) >= 11 is 1.48. The lowest BCUT2D eigenvalue weighted by atomic mass is 10.2. The first kappa shape index (κ1) is 17.4. The van der Waals surface area contributed by atoms with E-state index in [-0.39, 0.29) is 11.9 Å². The van der Waals surface area contributed by atoms with Crippen molar-refractivity contribution < 1.29 is 13.5 Å². The largest absolute Gasteiger partial charge is 0.454 e. The first-order valence-corrected chi connectivity index (χ1v) is 10.2. The average Bonchev–Trinajstić information content (AvgIpc) is 3.44. The molecule has 2 aromatic heterocycles. The van der Waals surface area contributed by atoms with Gasteiger partial charge in [-0.15, -0.1) is 11.3 Å². The molecule has 4 nitrogen and oxygen atoms in total. The second kappa shape index (κ2) is 7.37. The third-order valence-corrected chi connectivity index (χ3v) is 5.82. The Bertz CT molecular complexity index is 1150. The van der Waals surface area contributed by atoms with Crippen molar-refractivity contribution in [3.8, 4) is 11.5 Å². The Morgan fingerprint density at radius 3 is 2.82 bits per heavy atom. The van der Waals surface area contributed by atoms with E-state index in [9.17, 15) is 4.39 Å². The maximum absolute atomic E-state index is 14.1. The van der Waals surface area contributed by atoms with Crippen LogP contribution in [0.15, 0.2) is 69.4 Å². The number of nitrogens with zero attached hydrogens (tertiary/aromatic N) is 2. The van der Waals surface area contributed by atoms with Gasteiger partial charge in [0.1, 0.15) is 17.1 Å². The lowest BCUT2D eigenvalue weighted by Gasteiger charge is -2.13. The first-order valence-electron chi connectivity index (χ1n) is 9.36.